The van der Waals surface area contributed by atoms with E-state index in [0.29, 0.717) is 16.4 Å². The Bertz CT molecular complexity index is 587. The lowest BCUT2D eigenvalue weighted by atomic mass is 10.0. The monoisotopic (exact) mass is 248 g/mol. The molecule has 0 amide bonds. The highest BCUT2D eigenvalue weighted by atomic mass is 31.2. The molecule has 88 valence electrons. The molecule has 0 heterocycles. The van der Waals surface area contributed by atoms with E-state index in [0.717, 1.165) is 0 Å². The zero-order valence-electron chi connectivity index (χ0n) is 9.37. The summed E-state index contributed by atoms with van der Waals surface area (Å²) in [5, 5.41) is 10.1. The number of phenols is 1. The standard InChI is InChI=1S/C13H13O3P/c1-17(15,16)13-9-5-3-7-11(13)10-6-2-4-8-12(10)14/h2-9,14H,1H3,(H,15,16). The first-order valence-electron chi connectivity index (χ1n) is 5.18. The van der Waals surface area contributed by atoms with Crippen molar-refractivity contribution in [2.24, 2.45) is 0 Å². The SMILES string of the molecule is CP(=O)(O)c1ccccc1-c1ccccc1O. The van der Waals surface area contributed by atoms with Crippen molar-refractivity contribution in [3.05, 3.63) is 48.5 Å². The van der Waals surface area contributed by atoms with Crippen LogP contribution in [0.25, 0.3) is 11.1 Å². The van der Waals surface area contributed by atoms with E-state index in [1.807, 2.05) is 0 Å². The van der Waals surface area contributed by atoms with Crippen molar-refractivity contribution < 1.29 is 14.6 Å². The summed E-state index contributed by atoms with van der Waals surface area (Å²) in [6.45, 7) is 1.30. The van der Waals surface area contributed by atoms with Gasteiger partial charge in [0.25, 0.3) is 0 Å². The van der Waals surface area contributed by atoms with Crippen molar-refractivity contribution in [2.45, 2.75) is 0 Å². The van der Waals surface area contributed by atoms with Crippen molar-refractivity contribution in [2.75, 3.05) is 6.66 Å². The van der Waals surface area contributed by atoms with Crippen LogP contribution in [0.3, 0.4) is 0 Å². The van der Waals surface area contributed by atoms with Crippen molar-refractivity contribution in [1.82, 2.24) is 0 Å². The Morgan fingerprint density at radius 3 is 2.06 bits per heavy atom. The fourth-order valence-corrected chi connectivity index (χ4v) is 2.77. The van der Waals surface area contributed by atoms with Gasteiger partial charge in [0.15, 0.2) is 0 Å². The Balaban J connectivity index is 2.69. The molecule has 2 rings (SSSR count). The van der Waals surface area contributed by atoms with Gasteiger partial charge < -0.3 is 10.00 Å². The quantitative estimate of drug-likeness (QED) is 0.803. The molecule has 0 spiro atoms. The van der Waals surface area contributed by atoms with Crippen molar-refractivity contribution in [3.8, 4) is 16.9 Å². The summed E-state index contributed by atoms with van der Waals surface area (Å²) in [5.74, 6) is 0.105. The van der Waals surface area contributed by atoms with Gasteiger partial charge in [0.05, 0.1) is 0 Å². The predicted molar refractivity (Wildman–Crippen MR) is 68.9 cm³/mol. The van der Waals surface area contributed by atoms with Gasteiger partial charge in [0, 0.05) is 17.5 Å². The van der Waals surface area contributed by atoms with Gasteiger partial charge in [-0.2, -0.15) is 0 Å². The Morgan fingerprint density at radius 2 is 1.47 bits per heavy atom. The third-order valence-corrected chi connectivity index (χ3v) is 3.83. The van der Waals surface area contributed by atoms with E-state index in [9.17, 15) is 14.6 Å². The molecule has 0 saturated heterocycles. The Labute approximate surface area is 99.8 Å². The Hall–Kier alpha value is -1.57. The second kappa shape index (κ2) is 4.36. The first kappa shape index (κ1) is 11.9. The Kier molecular flexibility index (Phi) is 3.05. The zero-order valence-corrected chi connectivity index (χ0v) is 10.3. The van der Waals surface area contributed by atoms with Crippen LogP contribution < -0.4 is 5.30 Å². The third kappa shape index (κ3) is 2.41. The number of aromatic hydroxyl groups is 1. The number of para-hydroxylation sites is 1. The van der Waals surface area contributed by atoms with Crippen LogP contribution in [-0.2, 0) is 4.57 Å². The fourth-order valence-electron chi connectivity index (χ4n) is 1.76. The van der Waals surface area contributed by atoms with Gasteiger partial charge >= 0.3 is 0 Å². The molecule has 0 bridgehead atoms. The maximum atomic E-state index is 11.8. The Morgan fingerprint density at radius 1 is 0.941 bits per heavy atom. The van der Waals surface area contributed by atoms with E-state index < -0.39 is 7.37 Å². The van der Waals surface area contributed by atoms with Crippen LogP contribution >= 0.6 is 7.37 Å². The molecule has 0 fully saturated rings. The van der Waals surface area contributed by atoms with Gasteiger partial charge in [0.1, 0.15) is 5.75 Å². The van der Waals surface area contributed by atoms with Crippen LogP contribution in [0.4, 0.5) is 0 Å². The highest BCUT2D eigenvalue weighted by Gasteiger charge is 2.19. The average molecular weight is 248 g/mol. The maximum Gasteiger partial charge on any atom is 0.227 e. The summed E-state index contributed by atoms with van der Waals surface area (Å²) in [6.07, 6.45) is 0. The lowest BCUT2D eigenvalue weighted by Gasteiger charge is -2.13. The molecule has 2 N–H and O–H groups in total. The molecule has 0 aromatic heterocycles. The molecule has 1 unspecified atom stereocenters. The molecular weight excluding hydrogens is 235 g/mol. The molecule has 0 aliphatic heterocycles. The van der Waals surface area contributed by atoms with Gasteiger partial charge in [-0.25, -0.2) is 0 Å². The van der Waals surface area contributed by atoms with E-state index in [2.05, 4.69) is 0 Å². The fraction of sp³-hybridized carbons (Fsp3) is 0.0769. The summed E-state index contributed by atoms with van der Waals surface area (Å²) in [4.78, 5) is 9.70. The first-order chi connectivity index (χ1) is 8.00. The van der Waals surface area contributed by atoms with Crippen molar-refractivity contribution in [3.63, 3.8) is 0 Å². The molecule has 2 aromatic carbocycles. The molecule has 0 saturated carbocycles. The minimum atomic E-state index is -3.35. The topological polar surface area (TPSA) is 57.5 Å². The van der Waals surface area contributed by atoms with E-state index in [1.165, 1.54) is 6.66 Å². The van der Waals surface area contributed by atoms with Crippen LogP contribution in [0, 0.1) is 0 Å². The second-order valence-electron chi connectivity index (χ2n) is 3.91. The van der Waals surface area contributed by atoms with Crippen molar-refractivity contribution >= 4 is 12.7 Å². The van der Waals surface area contributed by atoms with E-state index in [1.54, 1.807) is 48.5 Å². The number of rotatable bonds is 2. The summed E-state index contributed by atoms with van der Waals surface area (Å²) >= 11 is 0. The van der Waals surface area contributed by atoms with Crippen LogP contribution in [0.1, 0.15) is 0 Å². The second-order valence-corrected chi connectivity index (χ2v) is 6.15. The van der Waals surface area contributed by atoms with Crippen LogP contribution in [-0.4, -0.2) is 16.7 Å². The van der Waals surface area contributed by atoms with Crippen LogP contribution in [0.2, 0.25) is 0 Å². The lowest BCUT2D eigenvalue weighted by Crippen LogP contribution is -2.06. The highest BCUT2D eigenvalue weighted by Crippen LogP contribution is 2.40. The van der Waals surface area contributed by atoms with E-state index in [4.69, 9.17) is 0 Å². The number of hydrogen-bond donors (Lipinski definition) is 2. The maximum absolute atomic E-state index is 11.8. The summed E-state index contributed by atoms with van der Waals surface area (Å²) in [7, 11) is -3.35. The molecule has 3 nitrogen and oxygen atoms in total. The average Bonchev–Trinajstić information content (AvgIpc) is 2.28. The van der Waals surface area contributed by atoms with Gasteiger partial charge in [0.2, 0.25) is 7.37 Å². The molecule has 1 atom stereocenters. The van der Waals surface area contributed by atoms with E-state index >= 15 is 0 Å². The third-order valence-electron chi connectivity index (χ3n) is 2.55. The summed E-state index contributed by atoms with van der Waals surface area (Å²) < 4.78 is 11.8. The minimum Gasteiger partial charge on any atom is -0.507 e. The molecule has 0 aliphatic rings. The molecule has 2 aromatic rings. The lowest BCUT2D eigenvalue weighted by molar-refractivity contribution is 0.477. The minimum absolute atomic E-state index is 0.105. The van der Waals surface area contributed by atoms with Gasteiger partial charge in [-0.05, 0) is 17.7 Å². The highest BCUT2D eigenvalue weighted by molar-refractivity contribution is 7.65. The largest absolute Gasteiger partial charge is 0.507 e. The first-order valence-corrected chi connectivity index (χ1v) is 7.29. The molecule has 4 heteroatoms. The number of hydrogen-bond acceptors (Lipinski definition) is 2. The summed E-state index contributed by atoms with van der Waals surface area (Å²) in [6, 6.07) is 13.6. The molecule has 0 radical (unpaired) electrons. The van der Waals surface area contributed by atoms with Gasteiger partial charge in [-0.3, -0.25) is 4.57 Å². The summed E-state index contributed by atoms with van der Waals surface area (Å²) in [5.41, 5.74) is 1.16. The molecular formula is C13H13O3P. The predicted octanol–water partition coefficient (Wildman–Crippen LogP) is 2.58. The normalized spacial score (nSPS) is 14.2. The number of benzene rings is 2. The number of phenolic OH excluding ortho intramolecular Hbond substituents is 1. The zero-order chi connectivity index (χ0) is 12.5. The van der Waals surface area contributed by atoms with Gasteiger partial charge in [-0.15, -0.1) is 0 Å². The van der Waals surface area contributed by atoms with Crippen molar-refractivity contribution in [1.29, 1.82) is 0 Å². The van der Waals surface area contributed by atoms with Gasteiger partial charge in [-0.1, -0.05) is 36.4 Å². The van der Waals surface area contributed by atoms with E-state index in [-0.39, 0.29) is 5.75 Å². The smallest absolute Gasteiger partial charge is 0.227 e. The molecule has 0 aliphatic carbocycles. The van der Waals surface area contributed by atoms with Crippen LogP contribution in [0.5, 0.6) is 5.75 Å². The van der Waals surface area contributed by atoms with Crippen LogP contribution in [0.15, 0.2) is 48.5 Å². The molecule has 17 heavy (non-hydrogen) atoms.